The molecule has 1 N–H and O–H groups in total. The van der Waals surface area contributed by atoms with Crippen molar-refractivity contribution >= 4 is 5.97 Å². The van der Waals surface area contributed by atoms with Gasteiger partial charge in [0.05, 0.1) is 12.2 Å². The largest absolute Gasteiger partial charge is 0.494 e. The topological polar surface area (TPSA) is 72.3 Å². The monoisotopic (exact) mass is 328 g/mol. The van der Waals surface area contributed by atoms with E-state index in [4.69, 9.17) is 9.84 Å². The molecule has 2 rings (SSSR count). The Kier molecular flexibility index (Phi) is 7.21. The normalized spacial score (nSPS) is 10.5. The minimum absolute atomic E-state index is 0.0811. The van der Waals surface area contributed by atoms with Gasteiger partial charge in [-0.05, 0) is 30.7 Å². The maximum atomic E-state index is 10.8. The van der Waals surface area contributed by atoms with E-state index in [-0.39, 0.29) is 5.56 Å². The summed E-state index contributed by atoms with van der Waals surface area (Å²) in [5.41, 5.74) is 0.913. The summed E-state index contributed by atoms with van der Waals surface area (Å²) in [7, 11) is 0. The molecule has 1 aromatic heterocycles. The zero-order valence-corrected chi connectivity index (χ0v) is 14.1. The van der Waals surface area contributed by atoms with E-state index < -0.39 is 5.97 Å². The van der Waals surface area contributed by atoms with Crippen molar-refractivity contribution in [2.45, 2.75) is 45.4 Å². The Balaban J connectivity index is 1.79. The molecule has 5 nitrogen and oxygen atoms in total. The average Bonchev–Trinajstić information content (AvgIpc) is 2.61. The molecule has 5 heteroatoms. The number of aromatic nitrogens is 2. The second kappa shape index (κ2) is 9.65. The molecule has 0 atom stereocenters. The maximum absolute atomic E-state index is 10.8. The van der Waals surface area contributed by atoms with Crippen LogP contribution in [0.25, 0.3) is 11.4 Å². The summed E-state index contributed by atoms with van der Waals surface area (Å²) >= 11 is 0. The third kappa shape index (κ3) is 5.65. The van der Waals surface area contributed by atoms with Crippen molar-refractivity contribution in [3.63, 3.8) is 0 Å². The molecule has 0 saturated carbocycles. The van der Waals surface area contributed by atoms with Crippen LogP contribution in [0, 0.1) is 0 Å². The second-order valence-electron chi connectivity index (χ2n) is 5.74. The lowest BCUT2D eigenvalue weighted by Crippen LogP contribution is -2.00. The molecule has 128 valence electrons. The van der Waals surface area contributed by atoms with Crippen LogP contribution in [-0.2, 0) is 0 Å². The van der Waals surface area contributed by atoms with Gasteiger partial charge in [0.1, 0.15) is 5.75 Å². The number of carbonyl (C=O) groups is 1. The number of aromatic carboxylic acids is 1. The predicted octanol–water partition coefficient (Wildman–Crippen LogP) is 4.58. The Bertz CT molecular complexity index is 624. The van der Waals surface area contributed by atoms with E-state index >= 15 is 0 Å². The molecule has 1 heterocycles. The molecule has 0 aliphatic heterocycles. The Morgan fingerprint density at radius 1 is 1.00 bits per heavy atom. The van der Waals surface area contributed by atoms with Crippen LogP contribution in [0.2, 0.25) is 0 Å². The SMILES string of the molecule is CCCCCCCCOc1ccc(-c2ncc(C(=O)O)cn2)cc1. The lowest BCUT2D eigenvalue weighted by Gasteiger charge is -2.07. The molecular formula is C19H24N2O3. The van der Waals surface area contributed by atoms with E-state index in [0.717, 1.165) is 24.3 Å². The summed E-state index contributed by atoms with van der Waals surface area (Å²) in [6, 6.07) is 7.54. The van der Waals surface area contributed by atoms with Gasteiger partial charge in [0.2, 0.25) is 0 Å². The third-order valence-electron chi connectivity index (χ3n) is 3.78. The number of hydrogen-bond acceptors (Lipinski definition) is 4. The summed E-state index contributed by atoms with van der Waals surface area (Å²) < 4.78 is 5.74. The molecule has 0 spiro atoms. The number of hydrogen-bond donors (Lipinski definition) is 1. The van der Waals surface area contributed by atoms with E-state index in [0.29, 0.717) is 5.82 Å². The van der Waals surface area contributed by atoms with Gasteiger partial charge in [-0.15, -0.1) is 0 Å². The summed E-state index contributed by atoms with van der Waals surface area (Å²) in [6.45, 7) is 2.95. The van der Waals surface area contributed by atoms with Crippen LogP contribution in [0.4, 0.5) is 0 Å². The van der Waals surface area contributed by atoms with Crippen molar-refractivity contribution in [2.75, 3.05) is 6.61 Å². The Labute approximate surface area is 142 Å². The highest BCUT2D eigenvalue weighted by molar-refractivity contribution is 5.86. The van der Waals surface area contributed by atoms with Gasteiger partial charge in [0, 0.05) is 18.0 Å². The maximum Gasteiger partial charge on any atom is 0.338 e. The number of nitrogens with zero attached hydrogens (tertiary/aromatic N) is 2. The smallest absolute Gasteiger partial charge is 0.338 e. The van der Waals surface area contributed by atoms with E-state index in [1.807, 2.05) is 24.3 Å². The standard InChI is InChI=1S/C19H24N2O3/c1-2-3-4-5-6-7-12-24-17-10-8-15(9-11-17)18-20-13-16(14-21-18)19(22)23/h8-11,13-14H,2-7,12H2,1H3,(H,22,23). The Morgan fingerprint density at radius 3 is 2.25 bits per heavy atom. The molecule has 0 aliphatic rings. The van der Waals surface area contributed by atoms with Crippen molar-refractivity contribution < 1.29 is 14.6 Å². The summed E-state index contributed by atoms with van der Waals surface area (Å²) in [5, 5.41) is 8.85. The highest BCUT2D eigenvalue weighted by Gasteiger charge is 2.06. The lowest BCUT2D eigenvalue weighted by atomic mass is 10.1. The fourth-order valence-corrected chi connectivity index (χ4v) is 2.36. The van der Waals surface area contributed by atoms with Gasteiger partial charge in [-0.3, -0.25) is 0 Å². The van der Waals surface area contributed by atoms with E-state index in [1.54, 1.807) is 0 Å². The van der Waals surface area contributed by atoms with Crippen LogP contribution < -0.4 is 4.74 Å². The third-order valence-corrected chi connectivity index (χ3v) is 3.78. The quantitative estimate of drug-likeness (QED) is 0.646. The first-order chi connectivity index (χ1) is 11.7. The number of ether oxygens (including phenoxy) is 1. The molecular weight excluding hydrogens is 304 g/mol. The predicted molar refractivity (Wildman–Crippen MR) is 93.3 cm³/mol. The summed E-state index contributed by atoms with van der Waals surface area (Å²) in [4.78, 5) is 19.0. The van der Waals surface area contributed by atoms with Crippen LogP contribution in [0.1, 0.15) is 55.8 Å². The first kappa shape index (κ1) is 17.9. The van der Waals surface area contributed by atoms with Crippen LogP contribution >= 0.6 is 0 Å². The first-order valence-corrected chi connectivity index (χ1v) is 8.49. The second-order valence-corrected chi connectivity index (χ2v) is 5.74. The van der Waals surface area contributed by atoms with Gasteiger partial charge in [-0.1, -0.05) is 39.0 Å². The zero-order valence-electron chi connectivity index (χ0n) is 14.1. The molecule has 0 saturated heterocycles. The molecule has 0 fully saturated rings. The lowest BCUT2D eigenvalue weighted by molar-refractivity contribution is 0.0696. The van der Waals surface area contributed by atoms with Crippen LogP contribution in [0.5, 0.6) is 5.75 Å². The van der Waals surface area contributed by atoms with Crippen molar-refractivity contribution in [1.82, 2.24) is 9.97 Å². The molecule has 0 amide bonds. The van der Waals surface area contributed by atoms with E-state index in [9.17, 15) is 4.79 Å². The van der Waals surface area contributed by atoms with Crippen molar-refractivity contribution in [1.29, 1.82) is 0 Å². The summed E-state index contributed by atoms with van der Waals surface area (Å²) in [5.74, 6) is 0.303. The molecule has 1 aromatic carbocycles. The first-order valence-electron chi connectivity index (χ1n) is 8.49. The van der Waals surface area contributed by atoms with Crippen molar-refractivity contribution in [3.8, 4) is 17.1 Å². The number of carboxylic acid groups (broad SMARTS) is 1. The molecule has 0 radical (unpaired) electrons. The minimum atomic E-state index is -1.03. The fourth-order valence-electron chi connectivity index (χ4n) is 2.36. The molecule has 0 aliphatic carbocycles. The number of unbranched alkanes of at least 4 members (excludes halogenated alkanes) is 5. The van der Waals surface area contributed by atoms with Gasteiger partial charge in [-0.25, -0.2) is 14.8 Å². The van der Waals surface area contributed by atoms with Gasteiger partial charge in [0.25, 0.3) is 0 Å². The number of carboxylic acids is 1. The van der Waals surface area contributed by atoms with Gasteiger partial charge < -0.3 is 9.84 Å². The van der Waals surface area contributed by atoms with Crippen molar-refractivity contribution in [3.05, 3.63) is 42.2 Å². The molecule has 24 heavy (non-hydrogen) atoms. The Hall–Kier alpha value is -2.43. The zero-order chi connectivity index (χ0) is 17.2. The van der Waals surface area contributed by atoms with Gasteiger partial charge >= 0.3 is 5.97 Å². The van der Waals surface area contributed by atoms with Crippen LogP contribution in [-0.4, -0.2) is 27.7 Å². The highest BCUT2D eigenvalue weighted by Crippen LogP contribution is 2.19. The molecule has 0 unspecified atom stereocenters. The summed E-state index contributed by atoms with van der Waals surface area (Å²) in [6.07, 6.45) is 10.1. The number of benzene rings is 1. The van der Waals surface area contributed by atoms with Crippen molar-refractivity contribution in [2.24, 2.45) is 0 Å². The average molecular weight is 328 g/mol. The number of rotatable bonds is 10. The highest BCUT2D eigenvalue weighted by atomic mass is 16.5. The van der Waals surface area contributed by atoms with E-state index in [2.05, 4.69) is 16.9 Å². The molecule has 2 aromatic rings. The van der Waals surface area contributed by atoms with Gasteiger partial charge in [0.15, 0.2) is 5.82 Å². The van der Waals surface area contributed by atoms with E-state index in [1.165, 1.54) is 44.5 Å². The minimum Gasteiger partial charge on any atom is -0.494 e. The van der Waals surface area contributed by atoms with Crippen LogP contribution in [0.3, 0.4) is 0 Å². The van der Waals surface area contributed by atoms with Crippen LogP contribution in [0.15, 0.2) is 36.7 Å². The fraction of sp³-hybridized carbons (Fsp3) is 0.421. The molecule has 0 bridgehead atoms. The Morgan fingerprint density at radius 2 is 1.62 bits per heavy atom. The van der Waals surface area contributed by atoms with Gasteiger partial charge in [-0.2, -0.15) is 0 Å².